The van der Waals surface area contributed by atoms with E-state index in [1.807, 2.05) is 66.9 Å². The number of anilines is 1. The van der Waals surface area contributed by atoms with E-state index in [2.05, 4.69) is 18.7 Å². The highest BCUT2D eigenvalue weighted by Gasteiger charge is 2.25. The zero-order valence-corrected chi connectivity index (χ0v) is 23.2. The van der Waals surface area contributed by atoms with E-state index in [4.69, 9.17) is 28.9 Å². The standard InChI is InChI=1S/C30H39N3O5/c1-22(2)33(17-18-36-19-20-37-29(35-6)28(34)38-30(3,4)5)25-21-31-26(23-13-9-7-10-14-23)27(32-25)24-15-11-8-12-16-24/h7-16,21-22,29H,17-20H2,1-6H3. The second-order valence-corrected chi connectivity index (χ2v) is 10.0. The molecule has 1 unspecified atom stereocenters. The Balaban J connectivity index is 1.64. The molecular weight excluding hydrogens is 482 g/mol. The highest BCUT2D eigenvalue weighted by atomic mass is 16.7. The first-order valence-electron chi connectivity index (χ1n) is 12.9. The van der Waals surface area contributed by atoms with Crippen LogP contribution in [0.25, 0.3) is 22.5 Å². The van der Waals surface area contributed by atoms with Crippen LogP contribution in [-0.4, -0.2) is 67.3 Å². The van der Waals surface area contributed by atoms with Crippen LogP contribution in [0.1, 0.15) is 34.6 Å². The Hall–Kier alpha value is -3.33. The Bertz CT molecular complexity index is 1130. The van der Waals surface area contributed by atoms with Crippen molar-refractivity contribution >= 4 is 11.8 Å². The van der Waals surface area contributed by atoms with Crippen LogP contribution >= 0.6 is 0 Å². The third-order valence-corrected chi connectivity index (χ3v) is 5.56. The number of carbonyl (C=O) groups is 1. The minimum absolute atomic E-state index is 0.181. The number of methoxy groups -OCH3 is 1. The highest BCUT2D eigenvalue weighted by Crippen LogP contribution is 2.30. The smallest absolute Gasteiger partial charge is 0.364 e. The fraction of sp³-hybridized carbons (Fsp3) is 0.433. The average Bonchev–Trinajstić information content (AvgIpc) is 2.90. The number of hydrogen-bond donors (Lipinski definition) is 0. The first-order chi connectivity index (χ1) is 18.2. The van der Waals surface area contributed by atoms with Gasteiger partial charge < -0.3 is 23.8 Å². The molecule has 8 heteroatoms. The van der Waals surface area contributed by atoms with Gasteiger partial charge in [0.15, 0.2) is 0 Å². The minimum atomic E-state index is -1.08. The van der Waals surface area contributed by atoms with E-state index in [0.717, 1.165) is 28.3 Å². The maximum absolute atomic E-state index is 12.1. The Kier molecular flexibility index (Phi) is 10.8. The van der Waals surface area contributed by atoms with Crippen LogP contribution < -0.4 is 4.90 Å². The van der Waals surface area contributed by atoms with Crippen molar-refractivity contribution in [2.75, 3.05) is 38.4 Å². The van der Waals surface area contributed by atoms with E-state index in [-0.39, 0.29) is 12.6 Å². The van der Waals surface area contributed by atoms with E-state index in [1.165, 1.54) is 7.11 Å². The third-order valence-electron chi connectivity index (χ3n) is 5.56. The van der Waals surface area contributed by atoms with Gasteiger partial charge in [-0.2, -0.15) is 0 Å². The van der Waals surface area contributed by atoms with Gasteiger partial charge in [0, 0.05) is 30.8 Å². The third kappa shape index (κ3) is 8.62. The topological polar surface area (TPSA) is 83.0 Å². The van der Waals surface area contributed by atoms with E-state index in [9.17, 15) is 4.79 Å². The van der Waals surface area contributed by atoms with Gasteiger partial charge in [-0.25, -0.2) is 9.78 Å². The van der Waals surface area contributed by atoms with Crippen molar-refractivity contribution in [3.8, 4) is 22.5 Å². The first-order valence-corrected chi connectivity index (χ1v) is 12.9. The predicted molar refractivity (Wildman–Crippen MR) is 149 cm³/mol. The molecule has 3 aromatic rings. The zero-order chi connectivity index (χ0) is 27.5. The van der Waals surface area contributed by atoms with E-state index in [0.29, 0.717) is 19.8 Å². The molecule has 0 bridgehead atoms. The van der Waals surface area contributed by atoms with Gasteiger partial charge in [0.25, 0.3) is 6.29 Å². The molecule has 0 saturated heterocycles. The summed E-state index contributed by atoms with van der Waals surface area (Å²) in [4.78, 5) is 24.2. The van der Waals surface area contributed by atoms with Crippen molar-refractivity contribution in [1.29, 1.82) is 0 Å². The van der Waals surface area contributed by atoms with Crippen LogP contribution in [0.4, 0.5) is 5.82 Å². The van der Waals surface area contributed by atoms with Crippen LogP contribution in [0.3, 0.4) is 0 Å². The summed E-state index contributed by atoms with van der Waals surface area (Å²) < 4.78 is 21.7. The molecular formula is C30H39N3O5. The molecule has 3 rings (SSSR count). The summed E-state index contributed by atoms with van der Waals surface area (Å²) in [7, 11) is 1.41. The molecule has 0 aliphatic carbocycles. The van der Waals surface area contributed by atoms with Crippen molar-refractivity contribution < 1.29 is 23.7 Å². The van der Waals surface area contributed by atoms with Gasteiger partial charge in [-0.05, 0) is 34.6 Å². The molecule has 1 aromatic heterocycles. The summed E-state index contributed by atoms with van der Waals surface area (Å²) in [6.07, 6.45) is 0.738. The summed E-state index contributed by atoms with van der Waals surface area (Å²) in [5.74, 6) is 0.223. The van der Waals surface area contributed by atoms with Crippen molar-refractivity contribution in [3.05, 3.63) is 66.9 Å². The number of esters is 1. The highest BCUT2D eigenvalue weighted by molar-refractivity contribution is 5.78. The molecule has 0 aliphatic rings. The van der Waals surface area contributed by atoms with Crippen molar-refractivity contribution in [3.63, 3.8) is 0 Å². The van der Waals surface area contributed by atoms with Gasteiger partial charge in [-0.1, -0.05) is 60.7 Å². The molecule has 1 atom stereocenters. The molecule has 8 nitrogen and oxygen atoms in total. The minimum Gasteiger partial charge on any atom is -0.456 e. The zero-order valence-electron chi connectivity index (χ0n) is 23.2. The normalized spacial score (nSPS) is 12.4. The fourth-order valence-electron chi connectivity index (χ4n) is 3.82. The summed E-state index contributed by atoms with van der Waals surface area (Å²) in [6, 6.07) is 20.4. The van der Waals surface area contributed by atoms with Crippen molar-refractivity contribution in [2.24, 2.45) is 0 Å². The van der Waals surface area contributed by atoms with Gasteiger partial charge in [0.1, 0.15) is 11.4 Å². The second kappa shape index (κ2) is 14.0. The van der Waals surface area contributed by atoms with Gasteiger partial charge in [-0.3, -0.25) is 4.98 Å². The lowest BCUT2D eigenvalue weighted by Crippen LogP contribution is -2.36. The Morgan fingerprint density at radius 2 is 1.50 bits per heavy atom. The molecule has 0 N–H and O–H groups in total. The summed E-state index contributed by atoms with van der Waals surface area (Å²) in [5.41, 5.74) is 3.09. The molecule has 0 aliphatic heterocycles. The number of aromatic nitrogens is 2. The molecule has 204 valence electrons. The quantitative estimate of drug-likeness (QED) is 0.169. The predicted octanol–water partition coefficient (Wildman–Crippen LogP) is 5.37. The molecule has 38 heavy (non-hydrogen) atoms. The summed E-state index contributed by atoms with van der Waals surface area (Å²) in [6.45, 7) is 11.2. The monoisotopic (exact) mass is 521 g/mol. The van der Waals surface area contributed by atoms with E-state index in [1.54, 1.807) is 20.8 Å². The summed E-state index contributed by atoms with van der Waals surface area (Å²) >= 11 is 0. The first kappa shape index (κ1) is 29.2. The number of nitrogens with zero attached hydrogens (tertiary/aromatic N) is 3. The number of carbonyl (C=O) groups excluding carboxylic acids is 1. The molecule has 2 aromatic carbocycles. The average molecular weight is 522 g/mol. The lowest BCUT2D eigenvalue weighted by molar-refractivity contribution is -0.201. The number of benzene rings is 2. The maximum Gasteiger partial charge on any atom is 0.364 e. The number of hydrogen-bond acceptors (Lipinski definition) is 8. The molecule has 1 heterocycles. The Labute approximate surface area is 225 Å². The summed E-state index contributed by atoms with van der Waals surface area (Å²) in [5, 5.41) is 0. The van der Waals surface area contributed by atoms with Gasteiger partial charge in [0.2, 0.25) is 0 Å². The van der Waals surface area contributed by atoms with Crippen LogP contribution in [0.2, 0.25) is 0 Å². The fourth-order valence-corrected chi connectivity index (χ4v) is 3.82. The molecule has 0 saturated carbocycles. The van der Waals surface area contributed by atoms with E-state index >= 15 is 0 Å². The molecule has 0 fully saturated rings. The number of rotatable bonds is 13. The van der Waals surface area contributed by atoms with E-state index < -0.39 is 17.9 Å². The van der Waals surface area contributed by atoms with Crippen molar-refractivity contribution in [1.82, 2.24) is 9.97 Å². The molecule has 0 spiro atoms. The SMILES string of the molecule is COC(OCCOCCN(c1cnc(-c2ccccc2)c(-c2ccccc2)n1)C(C)C)C(=O)OC(C)(C)C. The second-order valence-electron chi connectivity index (χ2n) is 10.0. The van der Waals surface area contributed by atoms with Gasteiger partial charge in [0.05, 0.1) is 37.4 Å². The molecule has 0 amide bonds. The van der Waals surface area contributed by atoms with Gasteiger partial charge >= 0.3 is 5.97 Å². The molecule has 0 radical (unpaired) electrons. The van der Waals surface area contributed by atoms with Gasteiger partial charge in [-0.15, -0.1) is 0 Å². The lowest BCUT2D eigenvalue weighted by Gasteiger charge is -2.28. The van der Waals surface area contributed by atoms with Crippen molar-refractivity contribution in [2.45, 2.75) is 52.6 Å². The lowest BCUT2D eigenvalue weighted by atomic mass is 10.0. The van der Waals surface area contributed by atoms with Crippen LogP contribution in [0, 0.1) is 0 Å². The van der Waals surface area contributed by atoms with Crippen LogP contribution in [0.15, 0.2) is 66.9 Å². The Morgan fingerprint density at radius 3 is 2.05 bits per heavy atom. The van der Waals surface area contributed by atoms with Crippen LogP contribution in [0.5, 0.6) is 0 Å². The maximum atomic E-state index is 12.1. The Morgan fingerprint density at radius 1 is 0.895 bits per heavy atom. The number of ether oxygens (including phenoxy) is 4. The van der Waals surface area contributed by atoms with Crippen LogP contribution in [-0.2, 0) is 23.7 Å². The largest absolute Gasteiger partial charge is 0.456 e.